The molecule has 0 aliphatic carbocycles. The highest BCUT2D eigenvalue weighted by molar-refractivity contribution is 6.30. The number of nitrogens with one attached hydrogen (secondary N) is 1. The van der Waals surface area contributed by atoms with Gasteiger partial charge in [-0.1, -0.05) is 11.6 Å². The van der Waals surface area contributed by atoms with E-state index in [0.717, 1.165) is 0 Å². The molecule has 0 bridgehead atoms. The number of rotatable bonds is 1. The highest BCUT2D eigenvalue weighted by Gasteiger charge is 2.48. The van der Waals surface area contributed by atoms with Crippen molar-refractivity contribution in [3.63, 3.8) is 0 Å². The zero-order chi connectivity index (χ0) is 16.0. The Morgan fingerprint density at radius 2 is 2.00 bits per heavy atom. The molecule has 22 heavy (non-hydrogen) atoms. The minimum atomic E-state index is -4.51. The summed E-state index contributed by atoms with van der Waals surface area (Å²) in [5.74, 6) is 0. The number of carbonyl (C=O) groups excluding carboxylic acids is 1. The fourth-order valence-electron chi connectivity index (χ4n) is 3.02. The number of anilines is 1. The highest BCUT2D eigenvalue weighted by Crippen LogP contribution is 2.46. The van der Waals surface area contributed by atoms with Crippen molar-refractivity contribution in [1.82, 2.24) is 5.32 Å². The van der Waals surface area contributed by atoms with Crippen LogP contribution in [0.1, 0.15) is 18.4 Å². The van der Waals surface area contributed by atoms with Crippen LogP contribution in [0.2, 0.25) is 5.02 Å². The monoisotopic (exact) mass is 334 g/mol. The number of ether oxygens (including phenoxy) is 1. The number of alkyl halides is 3. The molecule has 0 unspecified atom stereocenters. The van der Waals surface area contributed by atoms with Crippen LogP contribution in [-0.4, -0.2) is 31.9 Å². The Bertz CT molecular complexity index is 600. The van der Waals surface area contributed by atoms with Gasteiger partial charge in [-0.15, -0.1) is 0 Å². The molecule has 0 aromatic heterocycles. The summed E-state index contributed by atoms with van der Waals surface area (Å²) in [7, 11) is 0. The first kappa shape index (κ1) is 15.4. The van der Waals surface area contributed by atoms with Crippen molar-refractivity contribution in [1.29, 1.82) is 0 Å². The SMILES string of the molecule is O=C1OC2(CCNCC2)c2cc(Cl)ccc2N1CC(F)(F)F. The zero-order valence-electron chi connectivity index (χ0n) is 11.5. The quantitative estimate of drug-likeness (QED) is 0.855. The third-order valence-corrected chi connectivity index (χ3v) is 4.23. The average molecular weight is 335 g/mol. The lowest BCUT2D eigenvalue weighted by Gasteiger charge is -2.44. The summed E-state index contributed by atoms with van der Waals surface area (Å²) < 4.78 is 43.6. The Kier molecular flexibility index (Phi) is 3.72. The largest absolute Gasteiger partial charge is 0.437 e. The molecule has 120 valence electrons. The third-order valence-electron chi connectivity index (χ3n) is 3.99. The Morgan fingerprint density at radius 1 is 1.32 bits per heavy atom. The maximum atomic E-state index is 12.7. The van der Waals surface area contributed by atoms with Gasteiger partial charge in [-0.2, -0.15) is 13.2 Å². The predicted octanol–water partition coefficient (Wildman–Crippen LogP) is 3.44. The molecule has 0 saturated carbocycles. The molecule has 0 radical (unpaired) electrons. The normalized spacial score (nSPS) is 20.7. The number of hydrogen-bond acceptors (Lipinski definition) is 3. The van der Waals surface area contributed by atoms with Crippen molar-refractivity contribution in [2.24, 2.45) is 0 Å². The Labute approximate surface area is 130 Å². The van der Waals surface area contributed by atoms with Crippen LogP contribution < -0.4 is 10.2 Å². The van der Waals surface area contributed by atoms with Crippen LogP contribution in [0.4, 0.5) is 23.7 Å². The fourth-order valence-corrected chi connectivity index (χ4v) is 3.19. The topological polar surface area (TPSA) is 41.6 Å². The van der Waals surface area contributed by atoms with Crippen LogP contribution in [0.25, 0.3) is 0 Å². The van der Waals surface area contributed by atoms with Crippen molar-refractivity contribution in [3.05, 3.63) is 28.8 Å². The van der Waals surface area contributed by atoms with Crippen LogP contribution in [0.3, 0.4) is 0 Å². The van der Waals surface area contributed by atoms with E-state index in [-0.39, 0.29) is 5.69 Å². The van der Waals surface area contributed by atoms with Gasteiger partial charge in [0.1, 0.15) is 12.1 Å². The first-order chi connectivity index (χ1) is 10.3. The number of nitrogens with zero attached hydrogens (tertiary/aromatic N) is 1. The summed E-state index contributed by atoms with van der Waals surface area (Å²) in [6.45, 7) is -0.133. The molecule has 1 spiro atoms. The maximum Gasteiger partial charge on any atom is 0.415 e. The molecule has 1 amide bonds. The molecule has 2 aliphatic heterocycles. The molecular formula is C14H14ClF3N2O2. The summed E-state index contributed by atoms with van der Waals surface area (Å²) in [5, 5.41) is 3.55. The number of benzene rings is 1. The van der Waals surface area contributed by atoms with E-state index in [0.29, 0.717) is 41.4 Å². The second-order valence-electron chi connectivity index (χ2n) is 5.48. The minimum Gasteiger partial charge on any atom is -0.437 e. The summed E-state index contributed by atoms with van der Waals surface area (Å²) in [6.07, 6.45) is -4.46. The lowest BCUT2D eigenvalue weighted by Crippen LogP contribution is -2.52. The lowest BCUT2D eigenvalue weighted by molar-refractivity contribution is -0.121. The van der Waals surface area contributed by atoms with Crippen molar-refractivity contribution < 1.29 is 22.7 Å². The van der Waals surface area contributed by atoms with Crippen LogP contribution in [-0.2, 0) is 10.3 Å². The van der Waals surface area contributed by atoms with Gasteiger partial charge in [-0.3, -0.25) is 4.90 Å². The number of halogens is 4. The first-order valence-corrected chi connectivity index (χ1v) is 7.27. The van der Waals surface area contributed by atoms with Crippen molar-refractivity contribution >= 4 is 23.4 Å². The molecule has 1 saturated heterocycles. The fraction of sp³-hybridized carbons (Fsp3) is 0.500. The third kappa shape index (κ3) is 2.75. The maximum absolute atomic E-state index is 12.7. The summed E-state index contributed by atoms with van der Waals surface area (Å²) >= 11 is 6.00. The van der Waals surface area contributed by atoms with E-state index in [4.69, 9.17) is 16.3 Å². The molecule has 4 nitrogen and oxygen atoms in total. The highest BCUT2D eigenvalue weighted by atomic mass is 35.5. The summed E-state index contributed by atoms with van der Waals surface area (Å²) in [5.41, 5.74) is -0.129. The molecule has 1 aromatic carbocycles. The van der Waals surface area contributed by atoms with Crippen LogP contribution >= 0.6 is 11.6 Å². The van der Waals surface area contributed by atoms with Gasteiger partial charge in [0.2, 0.25) is 0 Å². The van der Waals surface area contributed by atoms with Crippen LogP contribution in [0.5, 0.6) is 0 Å². The number of fused-ring (bicyclic) bond motifs is 2. The Hall–Kier alpha value is -1.47. The molecule has 1 aromatic rings. The second-order valence-corrected chi connectivity index (χ2v) is 5.91. The van der Waals surface area contributed by atoms with E-state index in [2.05, 4.69) is 5.32 Å². The van der Waals surface area contributed by atoms with Gasteiger partial charge in [0.05, 0.1) is 5.69 Å². The number of piperidine rings is 1. The molecule has 2 aliphatic rings. The van der Waals surface area contributed by atoms with Gasteiger partial charge in [0.15, 0.2) is 0 Å². The minimum absolute atomic E-state index is 0.222. The molecule has 1 fully saturated rings. The van der Waals surface area contributed by atoms with Crippen molar-refractivity contribution in [3.8, 4) is 0 Å². The van der Waals surface area contributed by atoms with Crippen molar-refractivity contribution in [2.75, 3.05) is 24.5 Å². The standard InChI is InChI=1S/C14H14ClF3N2O2/c15-9-1-2-11-10(7-9)13(3-5-19-6-4-13)22-12(21)20(11)8-14(16,17)18/h1-2,7,19H,3-6,8H2. The van der Waals surface area contributed by atoms with Gasteiger partial charge < -0.3 is 10.1 Å². The first-order valence-electron chi connectivity index (χ1n) is 6.89. The van der Waals surface area contributed by atoms with Crippen LogP contribution in [0, 0.1) is 0 Å². The number of hydrogen-bond donors (Lipinski definition) is 1. The second kappa shape index (κ2) is 5.31. The Balaban J connectivity index is 2.08. The number of amides is 1. The number of carbonyl (C=O) groups is 1. The molecule has 3 rings (SSSR count). The van der Waals surface area contributed by atoms with E-state index in [1.54, 1.807) is 6.07 Å². The molecule has 1 N–H and O–H groups in total. The lowest BCUT2D eigenvalue weighted by atomic mass is 9.82. The van der Waals surface area contributed by atoms with Gasteiger partial charge in [0.25, 0.3) is 0 Å². The van der Waals surface area contributed by atoms with E-state index in [9.17, 15) is 18.0 Å². The summed E-state index contributed by atoms with van der Waals surface area (Å²) in [4.78, 5) is 12.8. The Morgan fingerprint density at radius 3 is 2.64 bits per heavy atom. The van der Waals surface area contributed by atoms with Gasteiger partial charge in [0, 0.05) is 23.4 Å². The zero-order valence-corrected chi connectivity index (χ0v) is 12.3. The molecule has 0 atom stereocenters. The van der Waals surface area contributed by atoms with Crippen LogP contribution in [0.15, 0.2) is 18.2 Å². The molecule has 8 heteroatoms. The smallest absolute Gasteiger partial charge is 0.415 e. The molecular weight excluding hydrogens is 321 g/mol. The van der Waals surface area contributed by atoms with Gasteiger partial charge >= 0.3 is 12.3 Å². The van der Waals surface area contributed by atoms with Crippen molar-refractivity contribution in [2.45, 2.75) is 24.6 Å². The van der Waals surface area contributed by atoms with E-state index in [1.165, 1.54) is 12.1 Å². The average Bonchev–Trinajstić information content (AvgIpc) is 2.44. The van der Waals surface area contributed by atoms with Gasteiger partial charge in [-0.25, -0.2) is 4.79 Å². The van der Waals surface area contributed by atoms with E-state index < -0.39 is 24.4 Å². The van der Waals surface area contributed by atoms with E-state index >= 15 is 0 Å². The molecule has 2 heterocycles. The predicted molar refractivity (Wildman–Crippen MR) is 75.1 cm³/mol. The summed E-state index contributed by atoms with van der Waals surface area (Å²) in [6, 6.07) is 4.53. The van der Waals surface area contributed by atoms with E-state index in [1.807, 2.05) is 0 Å². The van der Waals surface area contributed by atoms with Gasteiger partial charge in [-0.05, 0) is 31.3 Å².